The maximum Gasteiger partial charge on any atom is 0.296 e. The second-order valence-electron chi connectivity index (χ2n) is 7.41. The maximum atomic E-state index is 13.4. The first-order chi connectivity index (χ1) is 14.8. The number of rotatable bonds is 4. The van der Waals surface area contributed by atoms with E-state index in [4.69, 9.17) is 4.42 Å². The summed E-state index contributed by atoms with van der Waals surface area (Å²) in [6.45, 7) is 5.48. The summed E-state index contributed by atoms with van der Waals surface area (Å²) in [5.41, 5.74) is 2.94. The van der Waals surface area contributed by atoms with Gasteiger partial charge < -0.3 is 14.5 Å². The molecule has 31 heavy (non-hydrogen) atoms. The Kier molecular flexibility index (Phi) is 4.30. The van der Waals surface area contributed by atoms with Gasteiger partial charge in [0.25, 0.3) is 5.91 Å². The van der Waals surface area contributed by atoms with Crippen LogP contribution in [0.3, 0.4) is 0 Å². The minimum Gasteiger partial charge on any atom is -0.503 e. The van der Waals surface area contributed by atoms with Crippen molar-refractivity contribution in [2.75, 3.05) is 4.90 Å². The third-order valence-electron chi connectivity index (χ3n) is 5.23. The summed E-state index contributed by atoms with van der Waals surface area (Å²) in [5, 5.41) is 11.5. The third-order valence-corrected chi connectivity index (χ3v) is 6.30. The molecule has 1 atom stereocenters. The standard InChI is InChI=1S/C22H18N4O4S/c1-10-6-7-13-14(9-10)25-22(24-13)26-17(15-5-4-8-30-15)16(19(28)21(26)29)18(27)20-11(2)23-12(3)31-20/h4-9,17,28H,1-3H3,(H,24,25). The van der Waals surface area contributed by atoms with E-state index in [9.17, 15) is 14.7 Å². The van der Waals surface area contributed by atoms with Crippen LogP contribution in [0.5, 0.6) is 0 Å². The zero-order valence-corrected chi connectivity index (χ0v) is 17.8. The molecule has 4 heterocycles. The first kappa shape index (κ1) is 19.3. The lowest BCUT2D eigenvalue weighted by atomic mass is 10.00. The van der Waals surface area contributed by atoms with E-state index in [-0.39, 0.29) is 11.5 Å². The summed E-state index contributed by atoms with van der Waals surface area (Å²) in [4.78, 5) is 40.2. The lowest BCUT2D eigenvalue weighted by molar-refractivity contribution is -0.117. The number of aryl methyl sites for hydroxylation is 3. The third kappa shape index (κ3) is 2.97. The smallest absolute Gasteiger partial charge is 0.296 e. The fourth-order valence-corrected chi connectivity index (χ4v) is 4.73. The van der Waals surface area contributed by atoms with Gasteiger partial charge in [-0.2, -0.15) is 0 Å². The molecule has 0 fully saturated rings. The van der Waals surface area contributed by atoms with Crippen molar-refractivity contribution < 1.29 is 19.1 Å². The highest BCUT2D eigenvalue weighted by molar-refractivity contribution is 7.14. The first-order valence-corrected chi connectivity index (χ1v) is 10.4. The Morgan fingerprint density at radius 2 is 2.03 bits per heavy atom. The number of carbonyl (C=O) groups excluding carboxylic acids is 2. The monoisotopic (exact) mass is 434 g/mol. The van der Waals surface area contributed by atoms with Crippen LogP contribution in [-0.2, 0) is 4.79 Å². The fraction of sp³-hybridized carbons (Fsp3) is 0.182. The molecule has 9 heteroatoms. The van der Waals surface area contributed by atoms with Crippen molar-refractivity contribution in [1.29, 1.82) is 0 Å². The first-order valence-electron chi connectivity index (χ1n) is 9.60. The van der Waals surface area contributed by atoms with Crippen LogP contribution < -0.4 is 4.90 Å². The molecule has 0 aliphatic carbocycles. The Bertz CT molecular complexity index is 1380. The van der Waals surface area contributed by atoms with E-state index >= 15 is 0 Å². The van der Waals surface area contributed by atoms with Gasteiger partial charge in [0.2, 0.25) is 11.7 Å². The molecule has 0 bridgehead atoms. The molecule has 0 saturated heterocycles. The van der Waals surface area contributed by atoms with Crippen molar-refractivity contribution in [3.8, 4) is 0 Å². The molecular formula is C22H18N4O4S. The maximum absolute atomic E-state index is 13.4. The highest BCUT2D eigenvalue weighted by Gasteiger charge is 2.47. The normalized spacial score (nSPS) is 16.7. The van der Waals surface area contributed by atoms with Gasteiger partial charge in [0.15, 0.2) is 5.76 Å². The molecule has 4 aromatic rings. The Hall–Kier alpha value is -3.72. The van der Waals surface area contributed by atoms with Crippen LogP contribution in [-0.4, -0.2) is 31.7 Å². The lowest BCUT2D eigenvalue weighted by Crippen LogP contribution is -2.31. The Morgan fingerprint density at radius 3 is 2.71 bits per heavy atom. The van der Waals surface area contributed by atoms with Gasteiger partial charge in [0, 0.05) is 0 Å². The Balaban J connectivity index is 1.67. The van der Waals surface area contributed by atoms with Crippen LogP contribution in [0.2, 0.25) is 0 Å². The molecule has 1 aliphatic heterocycles. The number of aromatic nitrogens is 3. The zero-order valence-electron chi connectivity index (χ0n) is 17.0. The number of H-pyrrole nitrogens is 1. The average molecular weight is 434 g/mol. The van der Waals surface area contributed by atoms with Crippen molar-refractivity contribution in [1.82, 2.24) is 15.0 Å². The van der Waals surface area contributed by atoms with Crippen LogP contribution in [0.25, 0.3) is 11.0 Å². The van der Waals surface area contributed by atoms with E-state index in [1.807, 2.05) is 25.1 Å². The van der Waals surface area contributed by atoms with Gasteiger partial charge in [-0.3, -0.25) is 14.5 Å². The number of anilines is 1. The van der Waals surface area contributed by atoms with Gasteiger partial charge in [-0.25, -0.2) is 9.97 Å². The van der Waals surface area contributed by atoms with Crippen LogP contribution in [0.1, 0.15) is 37.7 Å². The summed E-state index contributed by atoms with van der Waals surface area (Å²) in [5.74, 6) is -1.23. The van der Waals surface area contributed by atoms with Crippen LogP contribution in [0.15, 0.2) is 52.3 Å². The Morgan fingerprint density at radius 1 is 1.23 bits per heavy atom. The number of nitrogens with zero attached hydrogens (tertiary/aromatic N) is 3. The molecule has 3 aromatic heterocycles. The highest BCUT2D eigenvalue weighted by Crippen LogP contribution is 2.42. The quantitative estimate of drug-likeness (QED) is 0.463. The number of ketones is 1. The number of carbonyl (C=O) groups is 2. The van der Waals surface area contributed by atoms with E-state index in [1.165, 1.54) is 22.5 Å². The molecule has 1 aliphatic rings. The number of furan rings is 1. The van der Waals surface area contributed by atoms with Gasteiger partial charge in [-0.05, 0) is 50.6 Å². The second-order valence-corrected chi connectivity index (χ2v) is 8.62. The zero-order chi connectivity index (χ0) is 21.9. The number of aliphatic hydroxyl groups is 1. The minimum atomic E-state index is -0.960. The fourth-order valence-electron chi connectivity index (χ4n) is 3.86. The van der Waals surface area contributed by atoms with Crippen LogP contribution >= 0.6 is 11.3 Å². The summed E-state index contributed by atoms with van der Waals surface area (Å²) >= 11 is 1.22. The number of Topliss-reactive ketones (excluding diaryl/α,β-unsaturated/α-hetero) is 1. The van der Waals surface area contributed by atoms with Crippen molar-refractivity contribution >= 4 is 40.0 Å². The lowest BCUT2D eigenvalue weighted by Gasteiger charge is -2.22. The molecule has 5 rings (SSSR count). The van der Waals surface area contributed by atoms with Gasteiger partial charge in [0.1, 0.15) is 11.8 Å². The molecule has 0 saturated carbocycles. The number of hydrogen-bond donors (Lipinski definition) is 2. The molecule has 8 nitrogen and oxygen atoms in total. The summed E-state index contributed by atoms with van der Waals surface area (Å²) in [6, 6.07) is 8.04. The van der Waals surface area contributed by atoms with E-state index in [0.717, 1.165) is 16.1 Å². The molecule has 156 valence electrons. The number of hydrogen-bond acceptors (Lipinski definition) is 7. The number of fused-ring (bicyclic) bond motifs is 1. The Labute approximate surface area is 180 Å². The molecule has 1 aromatic carbocycles. The molecule has 1 unspecified atom stereocenters. The largest absolute Gasteiger partial charge is 0.503 e. The SMILES string of the molecule is Cc1ccc2nc(N3C(=O)C(O)=C(C(=O)c4sc(C)nc4C)C3c3ccco3)[nH]c2c1. The molecule has 1 amide bonds. The summed E-state index contributed by atoms with van der Waals surface area (Å²) in [6.07, 6.45) is 1.46. The number of aliphatic hydroxyl groups excluding tert-OH is 1. The number of benzene rings is 1. The molecule has 2 N–H and O–H groups in total. The number of aromatic amines is 1. The number of imidazole rings is 1. The van der Waals surface area contributed by atoms with Gasteiger partial charge in [0.05, 0.1) is 38.4 Å². The van der Waals surface area contributed by atoms with Gasteiger partial charge in [-0.15, -0.1) is 11.3 Å². The van der Waals surface area contributed by atoms with E-state index < -0.39 is 23.5 Å². The summed E-state index contributed by atoms with van der Waals surface area (Å²) < 4.78 is 5.57. The van der Waals surface area contributed by atoms with Crippen LogP contribution in [0.4, 0.5) is 5.95 Å². The predicted octanol–water partition coefficient (Wildman–Crippen LogP) is 4.32. The van der Waals surface area contributed by atoms with Gasteiger partial charge >= 0.3 is 0 Å². The topological polar surface area (TPSA) is 112 Å². The number of thiazole rings is 1. The van der Waals surface area contributed by atoms with Crippen molar-refractivity contribution in [2.45, 2.75) is 26.8 Å². The van der Waals surface area contributed by atoms with E-state index in [2.05, 4.69) is 15.0 Å². The molecular weight excluding hydrogens is 416 g/mol. The summed E-state index contributed by atoms with van der Waals surface area (Å²) in [7, 11) is 0. The van der Waals surface area contributed by atoms with E-state index in [0.29, 0.717) is 21.8 Å². The molecule has 0 spiro atoms. The average Bonchev–Trinajstić information content (AvgIpc) is 3.48. The minimum absolute atomic E-state index is 0.0525. The van der Waals surface area contributed by atoms with Crippen molar-refractivity contribution in [3.05, 3.63) is 74.8 Å². The van der Waals surface area contributed by atoms with Gasteiger partial charge in [-0.1, -0.05) is 6.07 Å². The molecule has 0 radical (unpaired) electrons. The number of nitrogens with one attached hydrogen (secondary N) is 1. The highest BCUT2D eigenvalue weighted by atomic mass is 32.1. The van der Waals surface area contributed by atoms with Crippen molar-refractivity contribution in [2.24, 2.45) is 0 Å². The van der Waals surface area contributed by atoms with Crippen LogP contribution in [0, 0.1) is 20.8 Å². The second kappa shape index (κ2) is 6.92. The van der Waals surface area contributed by atoms with Crippen molar-refractivity contribution in [3.63, 3.8) is 0 Å². The van der Waals surface area contributed by atoms with E-state index in [1.54, 1.807) is 26.0 Å². The predicted molar refractivity (Wildman–Crippen MR) is 115 cm³/mol. The number of amides is 1.